The van der Waals surface area contributed by atoms with Gasteiger partial charge in [-0.25, -0.2) is 27.5 Å². The van der Waals surface area contributed by atoms with Crippen molar-refractivity contribution in [2.75, 3.05) is 5.32 Å². The van der Waals surface area contributed by atoms with Crippen LogP contribution in [0, 0.1) is 17.1 Å². The van der Waals surface area contributed by atoms with Gasteiger partial charge in [-0.3, -0.25) is 4.79 Å². The Bertz CT molecular complexity index is 1080. The summed E-state index contributed by atoms with van der Waals surface area (Å²) in [7, 11) is 0. The number of carbonyl (C=O) groups is 1. The molecule has 2 heterocycles. The van der Waals surface area contributed by atoms with Crippen molar-refractivity contribution >= 4 is 17.6 Å². The zero-order valence-corrected chi connectivity index (χ0v) is 16.4. The van der Waals surface area contributed by atoms with E-state index in [1.54, 1.807) is 0 Å². The smallest absolute Gasteiger partial charge is 0.284 e. The fourth-order valence-electron chi connectivity index (χ4n) is 3.15. The maximum absolute atomic E-state index is 15.1. The monoisotopic (exact) mass is 435 g/mol. The summed E-state index contributed by atoms with van der Waals surface area (Å²) in [4.78, 5) is 20.0. The molecule has 11 heteroatoms. The molecule has 1 aromatic carbocycles. The lowest BCUT2D eigenvalue weighted by Gasteiger charge is -2.40. The zero-order chi connectivity index (χ0) is 23.0. The first kappa shape index (κ1) is 22.0. The van der Waals surface area contributed by atoms with Crippen molar-refractivity contribution in [1.29, 1.82) is 5.26 Å². The number of anilines is 1. The van der Waals surface area contributed by atoms with E-state index in [-0.39, 0.29) is 16.9 Å². The van der Waals surface area contributed by atoms with Gasteiger partial charge in [0, 0.05) is 24.4 Å². The standard InChI is InChI=1S/C20H17F4N5O2/c1-19(15(22)16(20(2,23)24)31-18(26)29-19)12-7-11(4-5-13(12)21)28-17(30)14-6-3-10(8-25)9-27-14/h3-7,9,15-16H,1-2H3,(H2,26,29)(H,28,30)/t15-,16-,19+/m0/s1. The molecule has 0 fully saturated rings. The van der Waals surface area contributed by atoms with Gasteiger partial charge in [-0.2, -0.15) is 5.26 Å². The average Bonchev–Trinajstić information content (AvgIpc) is 2.71. The average molecular weight is 435 g/mol. The summed E-state index contributed by atoms with van der Waals surface area (Å²) in [5, 5.41) is 11.2. The molecule has 0 unspecified atom stereocenters. The van der Waals surface area contributed by atoms with Gasteiger partial charge in [-0.05, 0) is 37.3 Å². The van der Waals surface area contributed by atoms with Crippen LogP contribution < -0.4 is 11.1 Å². The summed E-state index contributed by atoms with van der Waals surface area (Å²) >= 11 is 0. The molecule has 7 nitrogen and oxygen atoms in total. The highest BCUT2D eigenvalue weighted by Gasteiger charge is 2.55. The minimum atomic E-state index is -3.62. The molecule has 2 aromatic rings. The third-order valence-electron chi connectivity index (χ3n) is 4.79. The van der Waals surface area contributed by atoms with Crippen LogP contribution in [-0.2, 0) is 10.3 Å². The maximum atomic E-state index is 15.1. The molecule has 0 saturated carbocycles. The second-order valence-electron chi connectivity index (χ2n) is 7.19. The number of ether oxygens (including phenoxy) is 1. The molecule has 3 atom stereocenters. The van der Waals surface area contributed by atoms with Crippen molar-refractivity contribution in [3.63, 3.8) is 0 Å². The van der Waals surface area contributed by atoms with Gasteiger partial charge >= 0.3 is 0 Å². The Morgan fingerprint density at radius 2 is 2.06 bits per heavy atom. The number of nitrogens with zero attached hydrogens (tertiary/aromatic N) is 3. The molecule has 1 aromatic heterocycles. The normalized spacial score (nSPS) is 23.3. The number of hydrogen-bond acceptors (Lipinski definition) is 6. The van der Waals surface area contributed by atoms with E-state index in [9.17, 15) is 18.0 Å². The van der Waals surface area contributed by atoms with Gasteiger partial charge in [0.25, 0.3) is 17.9 Å². The minimum absolute atomic E-state index is 0.0292. The van der Waals surface area contributed by atoms with Crippen molar-refractivity contribution < 1.29 is 27.1 Å². The van der Waals surface area contributed by atoms with Gasteiger partial charge in [-0.1, -0.05) is 0 Å². The number of amidine groups is 1. The Morgan fingerprint density at radius 1 is 1.35 bits per heavy atom. The van der Waals surface area contributed by atoms with Gasteiger partial charge in [0.15, 0.2) is 12.3 Å². The zero-order valence-electron chi connectivity index (χ0n) is 16.4. The van der Waals surface area contributed by atoms with Gasteiger partial charge in [-0.15, -0.1) is 0 Å². The topological polar surface area (TPSA) is 113 Å². The predicted molar refractivity (Wildman–Crippen MR) is 103 cm³/mol. The van der Waals surface area contributed by atoms with Crippen molar-refractivity contribution in [3.05, 3.63) is 59.2 Å². The fourth-order valence-corrected chi connectivity index (χ4v) is 3.15. The van der Waals surface area contributed by atoms with Crippen LogP contribution in [0.1, 0.15) is 35.5 Å². The Balaban J connectivity index is 1.95. The van der Waals surface area contributed by atoms with Crippen LogP contribution in [-0.4, -0.2) is 35.1 Å². The third-order valence-corrected chi connectivity index (χ3v) is 4.79. The molecule has 0 spiro atoms. The van der Waals surface area contributed by atoms with Crippen LogP contribution in [0.5, 0.6) is 0 Å². The number of benzene rings is 1. The SMILES string of the molecule is CC(F)(F)[C@H]1OC(N)=N[C@](C)(c2cc(NC(=O)c3ccc(C#N)cn3)ccc2F)[C@H]1F. The number of pyridine rings is 1. The molecule has 3 N–H and O–H groups in total. The maximum Gasteiger partial charge on any atom is 0.284 e. The van der Waals surface area contributed by atoms with Crippen LogP contribution >= 0.6 is 0 Å². The van der Waals surface area contributed by atoms with E-state index in [0.29, 0.717) is 6.92 Å². The van der Waals surface area contributed by atoms with Crippen molar-refractivity contribution in [2.45, 2.75) is 37.6 Å². The number of aromatic nitrogens is 1. The molecular weight excluding hydrogens is 418 g/mol. The van der Waals surface area contributed by atoms with Crippen LogP contribution in [0.4, 0.5) is 23.2 Å². The van der Waals surface area contributed by atoms with E-state index < -0.39 is 47.0 Å². The molecule has 0 radical (unpaired) electrons. The number of nitriles is 1. The molecule has 3 rings (SSSR count). The number of carbonyl (C=O) groups excluding carboxylic acids is 1. The quantitative estimate of drug-likeness (QED) is 0.716. The third kappa shape index (κ3) is 4.28. The number of amides is 1. The van der Waals surface area contributed by atoms with Crippen LogP contribution in [0.25, 0.3) is 0 Å². The van der Waals surface area contributed by atoms with Gasteiger partial charge in [0.2, 0.25) is 0 Å². The van der Waals surface area contributed by atoms with Crippen molar-refractivity contribution in [1.82, 2.24) is 4.98 Å². The number of nitrogens with one attached hydrogen (secondary N) is 1. The Morgan fingerprint density at radius 3 is 2.65 bits per heavy atom. The highest BCUT2D eigenvalue weighted by molar-refractivity contribution is 6.02. The van der Waals surface area contributed by atoms with Gasteiger partial charge in [0.1, 0.15) is 23.1 Å². The first-order valence-corrected chi connectivity index (χ1v) is 8.97. The van der Waals surface area contributed by atoms with Crippen LogP contribution in [0.2, 0.25) is 0 Å². The fraction of sp³-hybridized carbons (Fsp3) is 0.300. The van der Waals surface area contributed by atoms with Crippen molar-refractivity contribution in [2.24, 2.45) is 10.7 Å². The van der Waals surface area contributed by atoms with E-state index >= 15 is 4.39 Å². The first-order valence-electron chi connectivity index (χ1n) is 8.97. The highest BCUT2D eigenvalue weighted by atomic mass is 19.3. The van der Waals surface area contributed by atoms with Crippen LogP contribution in [0.3, 0.4) is 0 Å². The molecule has 0 bridgehead atoms. The molecule has 0 saturated heterocycles. The highest BCUT2D eigenvalue weighted by Crippen LogP contribution is 2.42. The summed E-state index contributed by atoms with van der Waals surface area (Å²) in [5.74, 6) is -5.24. The summed E-state index contributed by atoms with van der Waals surface area (Å²) in [6.07, 6.45) is -3.53. The summed E-state index contributed by atoms with van der Waals surface area (Å²) in [6, 6.07) is 7.08. The van der Waals surface area contributed by atoms with Crippen LogP contribution in [0.15, 0.2) is 41.5 Å². The van der Waals surface area contributed by atoms with E-state index in [1.807, 2.05) is 6.07 Å². The van der Waals surface area contributed by atoms with E-state index in [4.69, 9.17) is 11.0 Å². The Hall–Kier alpha value is -3.68. The lowest BCUT2D eigenvalue weighted by molar-refractivity contribution is -0.138. The largest absolute Gasteiger partial charge is 0.452 e. The Labute approximate surface area is 174 Å². The second-order valence-corrected chi connectivity index (χ2v) is 7.19. The lowest BCUT2D eigenvalue weighted by Crippen LogP contribution is -2.55. The molecule has 1 amide bonds. The molecular formula is C20H17F4N5O2. The molecule has 31 heavy (non-hydrogen) atoms. The first-order chi connectivity index (χ1) is 14.5. The number of rotatable bonds is 4. The molecule has 162 valence electrons. The second kappa shape index (κ2) is 7.86. The number of nitrogens with two attached hydrogens (primary N) is 1. The summed E-state index contributed by atoms with van der Waals surface area (Å²) in [5.41, 5.74) is 3.20. The predicted octanol–water partition coefficient (Wildman–Crippen LogP) is 3.27. The number of hydrogen-bond donors (Lipinski definition) is 2. The van der Waals surface area contributed by atoms with Gasteiger partial charge < -0.3 is 15.8 Å². The summed E-state index contributed by atoms with van der Waals surface area (Å²) in [6.45, 7) is 1.57. The number of halogens is 4. The molecule has 1 aliphatic heterocycles. The van der Waals surface area contributed by atoms with E-state index in [2.05, 4.69) is 20.0 Å². The molecule has 0 aliphatic carbocycles. The summed E-state index contributed by atoms with van der Waals surface area (Å²) < 4.78 is 62.0. The minimum Gasteiger partial charge on any atom is -0.452 e. The van der Waals surface area contributed by atoms with Gasteiger partial charge in [0.05, 0.1) is 5.56 Å². The lowest BCUT2D eigenvalue weighted by atomic mass is 9.82. The Kier molecular flexibility index (Phi) is 5.59. The van der Waals surface area contributed by atoms with Crippen molar-refractivity contribution in [3.8, 4) is 6.07 Å². The number of alkyl halides is 3. The van der Waals surface area contributed by atoms with E-state index in [0.717, 1.165) is 19.1 Å². The van der Waals surface area contributed by atoms with E-state index in [1.165, 1.54) is 24.4 Å². The molecule has 1 aliphatic rings. The number of aliphatic imine (C=N–C) groups is 1.